The summed E-state index contributed by atoms with van der Waals surface area (Å²) < 4.78 is 0. The second kappa shape index (κ2) is 6.04. The third-order valence-corrected chi connectivity index (χ3v) is 4.41. The van der Waals surface area contributed by atoms with Crippen LogP contribution in [-0.2, 0) is 13.1 Å². The highest BCUT2D eigenvalue weighted by Crippen LogP contribution is 2.30. The highest BCUT2D eigenvalue weighted by atomic mass is 32.1. The monoisotopic (exact) mass is 287 g/mol. The van der Waals surface area contributed by atoms with Crippen LogP contribution in [0, 0.1) is 0 Å². The molecule has 1 heterocycles. The average Bonchev–Trinajstić information content (AvgIpc) is 3.18. The third-order valence-electron chi connectivity index (χ3n) is 3.37. The summed E-state index contributed by atoms with van der Waals surface area (Å²) in [5, 5.41) is 4.80. The van der Waals surface area contributed by atoms with Gasteiger partial charge in [0.05, 0.1) is 5.69 Å². The summed E-state index contributed by atoms with van der Waals surface area (Å²) in [4.78, 5) is 8.39. The molecule has 1 fully saturated rings. The Morgan fingerprint density at radius 2 is 2.00 bits per heavy atom. The van der Waals surface area contributed by atoms with E-state index < -0.39 is 0 Å². The van der Waals surface area contributed by atoms with Crippen LogP contribution < -0.4 is 5.32 Å². The van der Waals surface area contributed by atoms with Gasteiger partial charge in [-0.1, -0.05) is 30.3 Å². The van der Waals surface area contributed by atoms with Crippen molar-refractivity contribution in [2.45, 2.75) is 32.0 Å². The highest BCUT2D eigenvalue weighted by Gasteiger charge is 2.22. The van der Waals surface area contributed by atoms with Crippen LogP contribution in [0.5, 0.6) is 0 Å². The molecule has 2 aromatic rings. The van der Waals surface area contributed by atoms with Crippen LogP contribution in [0.15, 0.2) is 30.3 Å². The van der Waals surface area contributed by atoms with E-state index in [-0.39, 0.29) is 0 Å². The first kappa shape index (κ1) is 13.7. The number of hydrogen-bond donors (Lipinski definition) is 1. The molecule has 0 aliphatic heterocycles. The minimum absolute atomic E-state index is 0.734. The fraction of sp³-hybridized carbons (Fsp3) is 0.438. The van der Waals surface area contributed by atoms with Crippen molar-refractivity contribution in [2.75, 3.05) is 14.1 Å². The molecule has 0 atom stereocenters. The van der Waals surface area contributed by atoms with E-state index in [1.165, 1.54) is 28.3 Å². The Morgan fingerprint density at radius 1 is 1.25 bits per heavy atom. The van der Waals surface area contributed by atoms with Gasteiger partial charge in [0, 0.05) is 29.6 Å². The number of aromatic nitrogens is 1. The summed E-state index contributed by atoms with van der Waals surface area (Å²) in [6, 6.07) is 11.2. The number of nitrogens with zero attached hydrogens (tertiary/aromatic N) is 2. The molecule has 1 aromatic carbocycles. The van der Waals surface area contributed by atoms with Crippen LogP contribution in [0.2, 0.25) is 0 Å². The molecule has 1 aromatic heterocycles. The van der Waals surface area contributed by atoms with Crippen molar-refractivity contribution in [1.29, 1.82) is 0 Å². The van der Waals surface area contributed by atoms with Gasteiger partial charge in [0.1, 0.15) is 5.01 Å². The van der Waals surface area contributed by atoms with Crippen LogP contribution >= 0.6 is 11.3 Å². The lowest BCUT2D eigenvalue weighted by molar-refractivity contribution is 0.402. The summed E-state index contributed by atoms with van der Waals surface area (Å²) >= 11 is 1.84. The second-order valence-corrected chi connectivity index (χ2v) is 6.81. The molecular weight excluding hydrogens is 266 g/mol. The van der Waals surface area contributed by atoms with Crippen molar-refractivity contribution < 1.29 is 0 Å². The largest absolute Gasteiger partial charge is 0.309 e. The predicted molar refractivity (Wildman–Crippen MR) is 84.8 cm³/mol. The molecule has 1 N–H and O–H groups in total. The van der Waals surface area contributed by atoms with Crippen molar-refractivity contribution in [2.24, 2.45) is 0 Å². The maximum Gasteiger partial charge on any atom is 0.108 e. The standard InChI is InChI=1S/C16H21N3S/c1-19(2)11-15-18-16(12-6-4-3-5-7-12)14(20-15)10-17-13-8-9-13/h3-7,13,17H,8-11H2,1-2H3. The molecule has 1 aliphatic rings. The van der Waals surface area contributed by atoms with Crippen LogP contribution in [0.25, 0.3) is 11.3 Å². The lowest BCUT2D eigenvalue weighted by Gasteiger charge is -2.04. The normalized spacial score (nSPS) is 14.9. The Hall–Kier alpha value is -1.23. The van der Waals surface area contributed by atoms with Crippen molar-refractivity contribution in [3.8, 4) is 11.3 Å². The first-order valence-electron chi connectivity index (χ1n) is 7.14. The van der Waals surface area contributed by atoms with Crippen molar-refractivity contribution in [3.63, 3.8) is 0 Å². The van der Waals surface area contributed by atoms with Gasteiger partial charge >= 0.3 is 0 Å². The predicted octanol–water partition coefficient (Wildman–Crippen LogP) is 3.12. The molecule has 20 heavy (non-hydrogen) atoms. The maximum atomic E-state index is 4.86. The number of thiazole rings is 1. The maximum absolute atomic E-state index is 4.86. The van der Waals surface area contributed by atoms with Gasteiger partial charge in [-0.05, 0) is 26.9 Å². The summed E-state index contributed by atoms with van der Waals surface area (Å²) in [6.45, 7) is 1.86. The molecule has 106 valence electrons. The first-order chi connectivity index (χ1) is 9.72. The van der Waals surface area contributed by atoms with Gasteiger partial charge in [0.15, 0.2) is 0 Å². The fourth-order valence-electron chi connectivity index (χ4n) is 2.20. The molecule has 0 bridgehead atoms. The lowest BCUT2D eigenvalue weighted by Crippen LogP contribution is -2.14. The zero-order valence-electron chi connectivity index (χ0n) is 12.1. The van der Waals surface area contributed by atoms with E-state index in [1.807, 2.05) is 11.3 Å². The molecule has 3 nitrogen and oxygen atoms in total. The van der Waals surface area contributed by atoms with Crippen LogP contribution in [0.4, 0.5) is 0 Å². The quantitative estimate of drug-likeness (QED) is 0.885. The Labute approximate surface area is 124 Å². The molecule has 0 saturated heterocycles. The lowest BCUT2D eigenvalue weighted by atomic mass is 10.1. The molecule has 0 spiro atoms. The summed E-state index contributed by atoms with van der Waals surface area (Å²) in [6.07, 6.45) is 2.65. The summed E-state index contributed by atoms with van der Waals surface area (Å²) in [5.74, 6) is 0. The Balaban J connectivity index is 1.86. The first-order valence-corrected chi connectivity index (χ1v) is 7.96. The van der Waals surface area contributed by atoms with Crippen LogP contribution in [-0.4, -0.2) is 30.0 Å². The number of nitrogens with one attached hydrogen (secondary N) is 1. The van der Waals surface area contributed by atoms with Gasteiger partial charge in [-0.25, -0.2) is 4.98 Å². The van der Waals surface area contributed by atoms with E-state index in [9.17, 15) is 0 Å². The zero-order chi connectivity index (χ0) is 13.9. The fourth-order valence-corrected chi connectivity index (χ4v) is 3.36. The van der Waals surface area contributed by atoms with E-state index >= 15 is 0 Å². The third kappa shape index (κ3) is 3.45. The summed E-state index contributed by atoms with van der Waals surface area (Å²) in [5.41, 5.74) is 2.38. The number of benzene rings is 1. The van der Waals surface area contributed by atoms with Gasteiger partial charge < -0.3 is 10.2 Å². The summed E-state index contributed by atoms with van der Waals surface area (Å²) in [7, 11) is 4.18. The molecule has 1 aliphatic carbocycles. The van der Waals surface area contributed by atoms with E-state index in [2.05, 4.69) is 54.6 Å². The van der Waals surface area contributed by atoms with Crippen LogP contribution in [0.3, 0.4) is 0 Å². The average molecular weight is 287 g/mol. The molecular formula is C16H21N3S. The van der Waals surface area contributed by atoms with Gasteiger partial charge in [-0.15, -0.1) is 11.3 Å². The second-order valence-electron chi connectivity index (χ2n) is 5.64. The molecule has 0 amide bonds. The van der Waals surface area contributed by atoms with Crippen LogP contribution in [0.1, 0.15) is 22.7 Å². The van der Waals surface area contributed by atoms with Gasteiger partial charge in [-0.2, -0.15) is 0 Å². The van der Waals surface area contributed by atoms with Gasteiger partial charge in [-0.3, -0.25) is 0 Å². The molecule has 0 radical (unpaired) electrons. The van der Waals surface area contributed by atoms with E-state index in [1.54, 1.807) is 0 Å². The van der Waals surface area contributed by atoms with Crippen molar-refractivity contribution in [1.82, 2.24) is 15.2 Å². The van der Waals surface area contributed by atoms with Crippen molar-refractivity contribution in [3.05, 3.63) is 40.2 Å². The molecule has 0 unspecified atom stereocenters. The Bertz CT molecular complexity index is 558. The van der Waals surface area contributed by atoms with Gasteiger partial charge in [0.25, 0.3) is 0 Å². The SMILES string of the molecule is CN(C)Cc1nc(-c2ccccc2)c(CNC2CC2)s1. The minimum Gasteiger partial charge on any atom is -0.309 e. The topological polar surface area (TPSA) is 28.2 Å². The molecule has 4 heteroatoms. The van der Waals surface area contributed by atoms with E-state index in [4.69, 9.17) is 4.98 Å². The zero-order valence-corrected chi connectivity index (χ0v) is 12.9. The van der Waals surface area contributed by atoms with E-state index in [0.29, 0.717) is 0 Å². The highest BCUT2D eigenvalue weighted by molar-refractivity contribution is 7.12. The minimum atomic E-state index is 0.734. The molecule has 3 rings (SSSR count). The van der Waals surface area contributed by atoms with Gasteiger partial charge in [0.2, 0.25) is 0 Å². The van der Waals surface area contributed by atoms with E-state index in [0.717, 1.165) is 24.8 Å². The molecule has 1 saturated carbocycles. The van der Waals surface area contributed by atoms with Crippen molar-refractivity contribution >= 4 is 11.3 Å². The number of rotatable bonds is 6. The Morgan fingerprint density at radius 3 is 2.65 bits per heavy atom. The Kier molecular flexibility index (Phi) is 4.15. The number of hydrogen-bond acceptors (Lipinski definition) is 4. The smallest absolute Gasteiger partial charge is 0.108 e.